The average molecular weight is 490 g/mol. The number of anilines is 2. The van der Waals surface area contributed by atoms with Crippen LogP contribution in [-0.4, -0.2) is 47.9 Å². The highest BCUT2D eigenvalue weighted by Crippen LogP contribution is 2.48. The topological polar surface area (TPSA) is 39.9 Å². The molecule has 6 heteroatoms. The first-order chi connectivity index (χ1) is 17.2. The highest BCUT2D eigenvalue weighted by atomic mass is 32.2. The van der Waals surface area contributed by atoms with Gasteiger partial charge in [-0.15, -0.1) is 0 Å². The normalized spacial score (nSPS) is 15.9. The van der Waals surface area contributed by atoms with Crippen molar-refractivity contribution in [1.29, 1.82) is 0 Å². The number of nitrogens with zero attached hydrogens (tertiary/aromatic N) is 3. The minimum atomic E-state index is 0.167. The number of benzene rings is 2. The van der Waals surface area contributed by atoms with Crippen LogP contribution >= 0.6 is 11.8 Å². The van der Waals surface area contributed by atoms with Gasteiger partial charge in [0, 0.05) is 53.1 Å². The number of likely N-dealkylation sites (tertiary alicyclic amines) is 1. The van der Waals surface area contributed by atoms with Crippen molar-refractivity contribution in [2.75, 3.05) is 31.1 Å². The van der Waals surface area contributed by atoms with Gasteiger partial charge in [0.2, 0.25) is 0 Å². The predicted octanol–water partition coefficient (Wildman–Crippen LogP) is 6.81. The van der Waals surface area contributed by atoms with Crippen LogP contribution in [0.2, 0.25) is 0 Å². The number of rotatable bonds is 9. The van der Waals surface area contributed by atoms with Gasteiger partial charge in [0.1, 0.15) is 0 Å². The van der Waals surface area contributed by atoms with Crippen LogP contribution in [0.3, 0.4) is 0 Å². The van der Waals surface area contributed by atoms with Gasteiger partial charge in [-0.1, -0.05) is 37.7 Å². The van der Waals surface area contributed by atoms with Crippen molar-refractivity contribution >= 4 is 29.0 Å². The molecule has 3 aromatic rings. The van der Waals surface area contributed by atoms with Crippen LogP contribution in [0.1, 0.15) is 55.5 Å². The second-order valence-corrected chi connectivity index (χ2v) is 10.5. The van der Waals surface area contributed by atoms with Crippen LogP contribution in [-0.2, 0) is 6.54 Å². The van der Waals surface area contributed by atoms with Crippen molar-refractivity contribution in [3.05, 3.63) is 72.2 Å². The van der Waals surface area contributed by atoms with E-state index in [2.05, 4.69) is 66.1 Å². The Bertz CT molecular complexity index is 1140. The molecule has 0 N–H and O–H groups in total. The standard InChI is InChI=1S/C29H35N3O2S/c1-3-24(30(4-2)20-22-14-18-34-21-22)13-17-32-25-9-5-6-10-27(25)35-28-19-23(11-12-26(28)32)29(33)31-15-7-8-16-31/h5-6,9-12,14,18-19,21,24H,3-4,7-8,13,15-17,20H2,1-2H3. The molecule has 2 aliphatic rings. The first kappa shape index (κ1) is 24.0. The molecule has 1 fully saturated rings. The predicted molar refractivity (Wildman–Crippen MR) is 143 cm³/mol. The lowest BCUT2D eigenvalue weighted by molar-refractivity contribution is 0.0792. The third kappa shape index (κ3) is 5.14. The Morgan fingerprint density at radius 2 is 1.86 bits per heavy atom. The van der Waals surface area contributed by atoms with E-state index in [1.54, 1.807) is 18.0 Å². The van der Waals surface area contributed by atoms with Crippen molar-refractivity contribution in [2.45, 2.75) is 61.9 Å². The molecule has 3 heterocycles. The van der Waals surface area contributed by atoms with Crippen LogP contribution in [0.25, 0.3) is 0 Å². The summed E-state index contributed by atoms with van der Waals surface area (Å²) < 4.78 is 5.30. The molecule has 5 rings (SSSR count). The molecule has 184 valence electrons. The maximum absolute atomic E-state index is 13.0. The summed E-state index contributed by atoms with van der Waals surface area (Å²) >= 11 is 1.78. The van der Waals surface area contributed by atoms with Crippen LogP contribution in [0.5, 0.6) is 0 Å². The molecule has 1 amide bonds. The van der Waals surface area contributed by atoms with E-state index in [-0.39, 0.29) is 5.91 Å². The van der Waals surface area contributed by atoms with Gasteiger partial charge in [-0.3, -0.25) is 9.69 Å². The Morgan fingerprint density at radius 3 is 2.60 bits per heavy atom. The second kappa shape index (κ2) is 10.9. The number of para-hydroxylation sites is 1. The van der Waals surface area contributed by atoms with Crippen LogP contribution in [0.4, 0.5) is 11.4 Å². The Morgan fingerprint density at radius 1 is 1.06 bits per heavy atom. The van der Waals surface area contributed by atoms with E-state index >= 15 is 0 Å². The molecule has 1 aromatic heterocycles. The van der Waals surface area contributed by atoms with Crippen LogP contribution in [0, 0.1) is 0 Å². The largest absolute Gasteiger partial charge is 0.472 e. The third-order valence-electron chi connectivity index (χ3n) is 7.31. The summed E-state index contributed by atoms with van der Waals surface area (Å²) in [5.41, 5.74) is 4.50. The zero-order valence-electron chi connectivity index (χ0n) is 20.8. The van der Waals surface area contributed by atoms with E-state index < -0.39 is 0 Å². The lowest BCUT2D eigenvalue weighted by Crippen LogP contribution is -2.37. The fourth-order valence-corrected chi connectivity index (χ4v) is 6.48. The van der Waals surface area contributed by atoms with Crippen molar-refractivity contribution in [3.63, 3.8) is 0 Å². The number of carbonyl (C=O) groups is 1. The van der Waals surface area contributed by atoms with Gasteiger partial charge >= 0.3 is 0 Å². The summed E-state index contributed by atoms with van der Waals surface area (Å²) in [6.07, 6.45) is 8.00. The molecule has 0 radical (unpaired) electrons. The van der Waals surface area contributed by atoms with Crippen molar-refractivity contribution < 1.29 is 9.21 Å². The van der Waals surface area contributed by atoms with Gasteiger partial charge in [0.05, 0.1) is 23.9 Å². The van der Waals surface area contributed by atoms with Gasteiger partial charge in [0.25, 0.3) is 5.91 Å². The second-order valence-electron chi connectivity index (χ2n) is 9.45. The van der Waals surface area contributed by atoms with Crippen LogP contribution in [0.15, 0.2) is 75.3 Å². The van der Waals surface area contributed by atoms with Crippen LogP contribution < -0.4 is 4.90 Å². The quantitative estimate of drug-likeness (QED) is 0.330. The molecule has 1 atom stereocenters. The zero-order chi connectivity index (χ0) is 24.2. The summed E-state index contributed by atoms with van der Waals surface area (Å²) in [5.74, 6) is 0.167. The maximum atomic E-state index is 13.0. The van der Waals surface area contributed by atoms with Crippen molar-refractivity contribution in [2.24, 2.45) is 0 Å². The van der Waals surface area contributed by atoms with E-state index in [0.717, 1.165) is 64.0 Å². The smallest absolute Gasteiger partial charge is 0.253 e. The molecule has 2 aromatic carbocycles. The molecule has 0 spiro atoms. The first-order valence-corrected chi connectivity index (χ1v) is 13.7. The van der Waals surface area contributed by atoms with Gasteiger partial charge in [0.15, 0.2) is 0 Å². The van der Waals surface area contributed by atoms with Gasteiger partial charge < -0.3 is 14.2 Å². The van der Waals surface area contributed by atoms with Gasteiger partial charge in [-0.25, -0.2) is 0 Å². The number of fused-ring (bicyclic) bond motifs is 2. The average Bonchev–Trinajstić information content (AvgIpc) is 3.61. The lowest BCUT2D eigenvalue weighted by atomic mass is 10.1. The highest BCUT2D eigenvalue weighted by molar-refractivity contribution is 7.99. The monoisotopic (exact) mass is 489 g/mol. The van der Waals surface area contributed by atoms with E-state index in [0.29, 0.717) is 6.04 Å². The molecule has 2 aliphatic heterocycles. The highest BCUT2D eigenvalue weighted by Gasteiger charge is 2.27. The number of furan rings is 1. The van der Waals surface area contributed by atoms with Crippen molar-refractivity contribution in [3.8, 4) is 0 Å². The molecular weight excluding hydrogens is 454 g/mol. The Balaban J connectivity index is 1.38. The fraction of sp³-hybridized carbons (Fsp3) is 0.414. The number of carbonyl (C=O) groups excluding carboxylic acids is 1. The third-order valence-corrected chi connectivity index (χ3v) is 8.42. The van der Waals surface area contributed by atoms with E-state index in [1.807, 2.05) is 17.2 Å². The van der Waals surface area contributed by atoms with Gasteiger partial charge in [-0.05, 0) is 68.6 Å². The van der Waals surface area contributed by atoms with E-state index in [9.17, 15) is 4.79 Å². The molecule has 35 heavy (non-hydrogen) atoms. The molecule has 5 nitrogen and oxygen atoms in total. The number of hydrogen-bond acceptors (Lipinski definition) is 5. The summed E-state index contributed by atoms with van der Waals surface area (Å²) in [6, 6.07) is 17.5. The molecule has 0 aliphatic carbocycles. The lowest BCUT2D eigenvalue weighted by Gasteiger charge is -2.36. The summed E-state index contributed by atoms with van der Waals surface area (Å²) in [4.78, 5) is 22.5. The SMILES string of the molecule is CCC(CCN1c2ccccc2Sc2cc(C(=O)N3CCCC3)ccc21)N(CC)Cc1ccoc1. The van der Waals surface area contributed by atoms with E-state index in [4.69, 9.17) is 4.42 Å². The molecule has 1 unspecified atom stereocenters. The van der Waals surface area contributed by atoms with E-state index in [1.165, 1.54) is 26.7 Å². The minimum absolute atomic E-state index is 0.167. The summed E-state index contributed by atoms with van der Waals surface area (Å²) in [5, 5.41) is 0. The Labute approximate surface area is 213 Å². The Kier molecular flexibility index (Phi) is 7.49. The van der Waals surface area contributed by atoms with Gasteiger partial charge in [-0.2, -0.15) is 0 Å². The number of hydrogen-bond donors (Lipinski definition) is 0. The molecule has 0 saturated carbocycles. The molecular formula is C29H35N3O2S. The summed E-state index contributed by atoms with van der Waals surface area (Å²) in [7, 11) is 0. The maximum Gasteiger partial charge on any atom is 0.253 e. The fourth-order valence-electron chi connectivity index (χ4n) is 5.35. The van der Waals surface area contributed by atoms with Crippen molar-refractivity contribution in [1.82, 2.24) is 9.80 Å². The number of amides is 1. The Hall–Kier alpha value is -2.70. The minimum Gasteiger partial charge on any atom is -0.472 e. The molecule has 0 bridgehead atoms. The summed E-state index contributed by atoms with van der Waals surface area (Å²) in [6.45, 7) is 9.14. The first-order valence-electron chi connectivity index (χ1n) is 12.9. The molecule has 1 saturated heterocycles. The zero-order valence-corrected chi connectivity index (χ0v) is 21.6.